The van der Waals surface area contributed by atoms with Gasteiger partial charge in [-0.05, 0) is 81.7 Å². The fraction of sp³-hybridized carbons (Fsp3) is 0.500. The summed E-state index contributed by atoms with van der Waals surface area (Å²) >= 11 is 0. The van der Waals surface area contributed by atoms with E-state index in [2.05, 4.69) is 65.7 Å². The Labute approximate surface area is 205 Å². The lowest BCUT2D eigenvalue weighted by Crippen LogP contribution is -2.46. The second-order valence-corrected chi connectivity index (χ2v) is 10.9. The van der Waals surface area contributed by atoms with E-state index in [0.717, 1.165) is 38.5 Å². The summed E-state index contributed by atoms with van der Waals surface area (Å²) in [6.07, 6.45) is 6.05. The van der Waals surface area contributed by atoms with Gasteiger partial charge in [-0.1, -0.05) is 61.0 Å². The Morgan fingerprint density at radius 3 is 2.44 bits per heavy atom. The van der Waals surface area contributed by atoms with Crippen molar-refractivity contribution in [1.82, 2.24) is 10.2 Å². The zero-order chi connectivity index (χ0) is 24.1. The molecular formula is C30H40N2O2. The van der Waals surface area contributed by atoms with Gasteiger partial charge in [0, 0.05) is 25.7 Å². The Morgan fingerprint density at radius 2 is 1.79 bits per heavy atom. The monoisotopic (exact) mass is 460 g/mol. The van der Waals surface area contributed by atoms with Crippen LogP contribution in [0.4, 0.5) is 0 Å². The van der Waals surface area contributed by atoms with Crippen LogP contribution >= 0.6 is 0 Å². The minimum Gasteiger partial charge on any atom is -0.456 e. The van der Waals surface area contributed by atoms with Crippen LogP contribution in [0.2, 0.25) is 0 Å². The Bertz CT molecular complexity index is 969. The van der Waals surface area contributed by atoms with Gasteiger partial charge in [-0.3, -0.25) is 4.90 Å². The van der Waals surface area contributed by atoms with Crippen molar-refractivity contribution in [3.63, 3.8) is 0 Å². The number of benzene rings is 2. The lowest BCUT2D eigenvalue weighted by atomic mass is 9.95. The number of rotatable bonds is 10. The van der Waals surface area contributed by atoms with Gasteiger partial charge in [0.05, 0.1) is 5.56 Å². The second-order valence-electron chi connectivity index (χ2n) is 10.9. The first kappa shape index (κ1) is 24.7. The fourth-order valence-corrected chi connectivity index (χ4v) is 4.87. The largest absolute Gasteiger partial charge is 0.456 e. The van der Waals surface area contributed by atoms with E-state index in [1.54, 1.807) is 5.57 Å². The zero-order valence-electron chi connectivity index (χ0n) is 21.2. The molecule has 4 nitrogen and oxygen atoms in total. The quantitative estimate of drug-likeness (QED) is 0.446. The van der Waals surface area contributed by atoms with Crippen molar-refractivity contribution >= 4 is 12.0 Å². The van der Waals surface area contributed by atoms with Crippen LogP contribution in [0.5, 0.6) is 0 Å². The van der Waals surface area contributed by atoms with Crippen molar-refractivity contribution in [3.05, 3.63) is 76.9 Å². The van der Waals surface area contributed by atoms with Crippen molar-refractivity contribution < 1.29 is 9.53 Å². The summed E-state index contributed by atoms with van der Waals surface area (Å²) in [5.74, 6) is 1.25. The van der Waals surface area contributed by atoms with Gasteiger partial charge in [-0.25, -0.2) is 4.79 Å². The Kier molecular flexibility index (Phi) is 7.90. The van der Waals surface area contributed by atoms with Crippen LogP contribution in [0, 0.1) is 11.8 Å². The van der Waals surface area contributed by atoms with Gasteiger partial charge in [0.25, 0.3) is 0 Å². The third-order valence-corrected chi connectivity index (χ3v) is 6.81. The first-order chi connectivity index (χ1) is 16.3. The summed E-state index contributed by atoms with van der Waals surface area (Å²) in [5, 5.41) is 3.80. The predicted molar refractivity (Wildman–Crippen MR) is 140 cm³/mol. The molecule has 182 valence electrons. The summed E-state index contributed by atoms with van der Waals surface area (Å²) in [6.45, 7) is 12.4. The molecule has 1 N–H and O–H groups in total. The fourth-order valence-electron chi connectivity index (χ4n) is 4.87. The van der Waals surface area contributed by atoms with Crippen LogP contribution in [-0.2, 0) is 11.3 Å². The number of carbonyl (C=O) groups is 1. The van der Waals surface area contributed by atoms with E-state index in [9.17, 15) is 4.79 Å². The van der Waals surface area contributed by atoms with E-state index in [-0.39, 0.29) is 5.97 Å². The highest BCUT2D eigenvalue weighted by Crippen LogP contribution is 2.39. The van der Waals surface area contributed by atoms with Gasteiger partial charge in [0.1, 0.15) is 5.60 Å². The highest BCUT2D eigenvalue weighted by atomic mass is 16.6. The van der Waals surface area contributed by atoms with E-state index in [1.165, 1.54) is 24.0 Å². The molecule has 2 aromatic carbocycles. The first-order valence-corrected chi connectivity index (χ1v) is 12.8. The Morgan fingerprint density at radius 1 is 1.09 bits per heavy atom. The summed E-state index contributed by atoms with van der Waals surface area (Å²) in [5.41, 5.74) is 4.31. The molecule has 34 heavy (non-hydrogen) atoms. The summed E-state index contributed by atoms with van der Waals surface area (Å²) in [7, 11) is 0. The smallest absolute Gasteiger partial charge is 0.338 e. The van der Waals surface area contributed by atoms with Crippen LogP contribution in [0.25, 0.3) is 6.08 Å². The normalized spacial score (nSPS) is 21.2. The SMILES string of the molecule is CCC(=Cc1ccccc1)C1C[C@@H]1NCCC1CN(Cc2ccc(C(=O)OC(C)(C)C)cc2)C1. The average molecular weight is 461 g/mol. The van der Waals surface area contributed by atoms with E-state index >= 15 is 0 Å². The highest BCUT2D eigenvalue weighted by Gasteiger charge is 2.38. The molecule has 0 radical (unpaired) electrons. The third-order valence-electron chi connectivity index (χ3n) is 6.81. The molecule has 0 aromatic heterocycles. The zero-order valence-corrected chi connectivity index (χ0v) is 21.2. The molecular weight excluding hydrogens is 420 g/mol. The van der Waals surface area contributed by atoms with Crippen molar-refractivity contribution in [2.24, 2.45) is 11.8 Å². The molecule has 1 saturated heterocycles. The molecule has 4 rings (SSSR count). The van der Waals surface area contributed by atoms with Crippen molar-refractivity contribution in [2.45, 2.75) is 65.1 Å². The molecule has 1 unspecified atom stereocenters. The van der Waals surface area contributed by atoms with Crippen LogP contribution in [0.3, 0.4) is 0 Å². The van der Waals surface area contributed by atoms with E-state index < -0.39 is 5.60 Å². The van der Waals surface area contributed by atoms with Gasteiger partial charge in [0.15, 0.2) is 0 Å². The molecule has 1 saturated carbocycles. The maximum atomic E-state index is 12.2. The molecule has 0 bridgehead atoms. The minimum atomic E-state index is -0.463. The number of hydrogen-bond acceptors (Lipinski definition) is 4. The number of ether oxygens (including phenoxy) is 1. The topological polar surface area (TPSA) is 41.6 Å². The molecule has 2 fully saturated rings. The highest BCUT2D eigenvalue weighted by molar-refractivity contribution is 5.89. The van der Waals surface area contributed by atoms with Crippen molar-refractivity contribution in [1.29, 1.82) is 0 Å². The molecule has 1 heterocycles. The minimum absolute atomic E-state index is 0.255. The summed E-state index contributed by atoms with van der Waals surface area (Å²) < 4.78 is 5.44. The maximum Gasteiger partial charge on any atom is 0.338 e. The molecule has 0 amide bonds. The maximum absolute atomic E-state index is 12.2. The Balaban J connectivity index is 1.12. The third kappa shape index (κ3) is 7.04. The van der Waals surface area contributed by atoms with E-state index in [4.69, 9.17) is 4.74 Å². The molecule has 1 aliphatic heterocycles. The van der Waals surface area contributed by atoms with Gasteiger partial charge in [-0.2, -0.15) is 0 Å². The van der Waals surface area contributed by atoms with Crippen LogP contribution in [0.1, 0.15) is 68.4 Å². The summed E-state index contributed by atoms with van der Waals surface area (Å²) in [6, 6.07) is 19.2. The number of likely N-dealkylation sites (tertiary alicyclic amines) is 1. The van der Waals surface area contributed by atoms with Crippen molar-refractivity contribution in [3.8, 4) is 0 Å². The molecule has 2 aliphatic rings. The number of hydrogen-bond donors (Lipinski definition) is 1. The van der Waals surface area contributed by atoms with Crippen LogP contribution in [-0.4, -0.2) is 42.1 Å². The van der Waals surface area contributed by atoms with Crippen LogP contribution < -0.4 is 5.32 Å². The Hall–Kier alpha value is -2.43. The van der Waals surface area contributed by atoms with Gasteiger partial charge >= 0.3 is 5.97 Å². The first-order valence-electron chi connectivity index (χ1n) is 12.8. The van der Waals surface area contributed by atoms with E-state index in [0.29, 0.717) is 17.5 Å². The number of esters is 1. The second kappa shape index (κ2) is 10.9. The lowest BCUT2D eigenvalue weighted by Gasteiger charge is -2.39. The van der Waals surface area contributed by atoms with Crippen LogP contribution in [0.15, 0.2) is 60.2 Å². The standard InChI is InChI=1S/C30H40N2O2/c1-5-25(17-22-9-7-6-8-10-22)27-18-28(27)31-16-15-24-20-32(21-24)19-23-11-13-26(14-12-23)29(33)34-30(2,3)4/h6-14,17,24,27-28,31H,5,15-16,18-21H2,1-4H3/t27?,28-/m0/s1. The summed E-state index contributed by atoms with van der Waals surface area (Å²) in [4.78, 5) is 14.7. The number of nitrogens with zero attached hydrogens (tertiary/aromatic N) is 1. The lowest BCUT2D eigenvalue weighted by molar-refractivity contribution is 0.00695. The van der Waals surface area contributed by atoms with E-state index in [1.807, 2.05) is 32.9 Å². The van der Waals surface area contributed by atoms with Gasteiger partial charge in [0.2, 0.25) is 0 Å². The van der Waals surface area contributed by atoms with Gasteiger partial charge < -0.3 is 10.1 Å². The average Bonchev–Trinajstić information content (AvgIpc) is 3.55. The molecule has 2 atom stereocenters. The number of nitrogens with one attached hydrogen (secondary N) is 1. The predicted octanol–water partition coefficient (Wildman–Crippen LogP) is 5.94. The molecule has 2 aromatic rings. The molecule has 4 heteroatoms. The number of carbonyl (C=O) groups excluding carboxylic acids is 1. The van der Waals surface area contributed by atoms with Gasteiger partial charge in [-0.15, -0.1) is 0 Å². The molecule has 1 aliphatic carbocycles. The van der Waals surface area contributed by atoms with Crippen molar-refractivity contribution in [2.75, 3.05) is 19.6 Å². The molecule has 0 spiro atoms.